The van der Waals surface area contributed by atoms with Crippen molar-refractivity contribution in [1.82, 2.24) is 16.0 Å². The second-order valence-electron chi connectivity index (χ2n) is 8.02. The Morgan fingerprint density at radius 3 is 1.64 bits per heavy atom. The van der Waals surface area contributed by atoms with Crippen LogP contribution in [-0.4, -0.2) is 82.4 Å². The maximum Gasteiger partial charge on any atom is 0.326 e. The Bertz CT molecular complexity index is 821. The molecule has 16 heteroatoms. The zero-order valence-corrected chi connectivity index (χ0v) is 19.7. The fraction of sp³-hybridized carbons (Fsp3) is 0.650. The Morgan fingerprint density at radius 2 is 1.17 bits per heavy atom. The summed E-state index contributed by atoms with van der Waals surface area (Å²) in [6.07, 6.45) is -1.15. The first kappa shape index (κ1) is 32.2. The Kier molecular flexibility index (Phi) is 15.0. The lowest BCUT2D eigenvalue weighted by Gasteiger charge is -2.25. The zero-order valence-electron chi connectivity index (χ0n) is 19.7. The molecule has 0 aromatic carbocycles. The summed E-state index contributed by atoms with van der Waals surface area (Å²) in [5, 5.41) is 25.1. The first-order valence-electron chi connectivity index (χ1n) is 11.2. The van der Waals surface area contributed by atoms with E-state index in [9.17, 15) is 38.7 Å². The second-order valence-corrected chi connectivity index (χ2v) is 8.02. The van der Waals surface area contributed by atoms with Crippen molar-refractivity contribution in [3.8, 4) is 0 Å². The number of rotatable bonds is 19. The average molecular weight is 518 g/mol. The predicted octanol–water partition coefficient (Wildman–Crippen LogP) is -4.01. The summed E-state index contributed by atoms with van der Waals surface area (Å²) in [5.41, 5.74) is 21.1. The van der Waals surface area contributed by atoms with Gasteiger partial charge >= 0.3 is 11.9 Å². The summed E-state index contributed by atoms with van der Waals surface area (Å²) in [6, 6.07) is -5.58. The quantitative estimate of drug-likeness (QED) is 0.0743. The van der Waals surface area contributed by atoms with Gasteiger partial charge in [-0.05, 0) is 38.6 Å². The lowest BCUT2D eigenvalue weighted by Crippen LogP contribution is -2.57. The molecule has 0 saturated heterocycles. The second kappa shape index (κ2) is 16.8. The first-order valence-corrected chi connectivity index (χ1v) is 11.2. The van der Waals surface area contributed by atoms with Crippen molar-refractivity contribution in [1.29, 1.82) is 0 Å². The largest absolute Gasteiger partial charge is 0.481 e. The van der Waals surface area contributed by atoms with Gasteiger partial charge < -0.3 is 49.1 Å². The van der Waals surface area contributed by atoms with Gasteiger partial charge in [0, 0.05) is 12.8 Å². The van der Waals surface area contributed by atoms with Crippen LogP contribution in [0.5, 0.6) is 0 Å². The van der Waals surface area contributed by atoms with Gasteiger partial charge in [0.05, 0.1) is 12.5 Å². The zero-order chi connectivity index (χ0) is 27.8. The normalized spacial score (nSPS) is 13.9. The number of aliphatic carboxylic acids is 2. The number of primary amides is 2. The van der Waals surface area contributed by atoms with Crippen molar-refractivity contribution in [2.45, 2.75) is 75.5 Å². The molecular weight excluding hydrogens is 482 g/mol. The fourth-order valence-electron chi connectivity index (χ4n) is 2.98. The molecule has 4 unspecified atom stereocenters. The van der Waals surface area contributed by atoms with Crippen LogP contribution in [0.4, 0.5) is 0 Å². The van der Waals surface area contributed by atoms with Crippen molar-refractivity contribution < 1.29 is 43.8 Å². The van der Waals surface area contributed by atoms with Crippen LogP contribution >= 0.6 is 0 Å². The number of amides is 5. The number of carboxylic acids is 2. The van der Waals surface area contributed by atoms with Gasteiger partial charge in [-0.3, -0.25) is 28.8 Å². The third-order valence-corrected chi connectivity index (χ3v) is 4.91. The van der Waals surface area contributed by atoms with Crippen LogP contribution in [0.1, 0.15) is 51.4 Å². The molecule has 0 aromatic heterocycles. The SMILES string of the molecule is NCCCCC(NC(=O)C(N)CC(N)=O)C(=O)NC(CCC(=O)O)C(=O)NC(CCC(N)=O)C(=O)O. The molecule has 0 rings (SSSR count). The summed E-state index contributed by atoms with van der Waals surface area (Å²) in [4.78, 5) is 82.4. The molecule has 0 bridgehead atoms. The minimum atomic E-state index is -1.53. The number of carboxylic acid groups (broad SMARTS) is 2. The molecule has 0 aliphatic rings. The van der Waals surface area contributed by atoms with Crippen LogP contribution in [-0.2, 0) is 33.6 Å². The molecule has 0 heterocycles. The van der Waals surface area contributed by atoms with Crippen LogP contribution in [0.2, 0.25) is 0 Å². The van der Waals surface area contributed by atoms with E-state index in [1.54, 1.807) is 0 Å². The number of hydrogen-bond acceptors (Lipinski definition) is 9. The lowest BCUT2D eigenvalue weighted by atomic mass is 10.0. The minimum absolute atomic E-state index is 0.0711. The number of carbonyl (C=O) groups is 7. The van der Waals surface area contributed by atoms with Crippen molar-refractivity contribution in [2.24, 2.45) is 22.9 Å². The molecular formula is C20H35N7O9. The van der Waals surface area contributed by atoms with Gasteiger partial charge in [0.25, 0.3) is 0 Å². The molecule has 0 aliphatic heterocycles. The van der Waals surface area contributed by atoms with Gasteiger partial charge in [0.15, 0.2) is 0 Å². The Hall–Kier alpha value is -3.79. The number of nitrogens with one attached hydrogen (secondary N) is 3. The van der Waals surface area contributed by atoms with Gasteiger partial charge in [-0.2, -0.15) is 0 Å². The smallest absolute Gasteiger partial charge is 0.326 e. The molecule has 36 heavy (non-hydrogen) atoms. The summed E-state index contributed by atoms with van der Waals surface area (Å²) in [5.74, 6) is -7.13. The monoisotopic (exact) mass is 517 g/mol. The van der Waals surface area contributed by atoms with Gasteiger partial charge in [-0.15, -0.1) is 0 Å². The maximum absolute atomic E-state index is 12.9. The molecule has 13 N–H and O–H groups in total. The number of nitrogens with two attached hydrogens (primary N) is 4. The highest BCUT2D eigenvalue weighted by Gasteiger charge is 2.30. The highest BCUT2D eigenvalue weighted by molar-refractivity contribution is 5.95. The van der Waals surface area contributed by atoms with E-state index in [4.69, 9.17) is 28.0 Å². The predicted molar refractivity (Wildman–Crippen MR) is 123 cm³/mol. The highest BCUT2D eigenvalue weighted by Crippen LogP contribution is 2.06. The van der Waals surface area contributed by atoms with E-state index in [1.165, 1.54) is 0 Å². The Balaban J connectivity index is 5.60. The average Bonchev–Trinajstić information content (AvgIpc) is 2.77. The van der Waals surface area contributed by atoms with Gasteiger partial charge in [-0.1, -0.05) is 0 Å². The molecule has 204 valence electrons. The van der Waals surface area contributed by atoms with Crippen molar-refractivity contribution in [2.75, 3.05) is 6.54 Å². The van der Waals surface area contributed by atoms with E-state index in [2.05, 4.69) is 16.0 Å². The summed E-state index contributed by atoms with van der Waals surface area (Å²) in [6.45, 7) is 0.301. The Labute approximate surface area is 206 Å². The van der Waals surface area contributed by atoms with Gasteiger partial charge in [0.1, 0.15) is 18.1 Å². The number of unbranched alkanes of at least 4 members (excludes halogenated alkanes) is 1. The van der Waals surface area contributed by atoms with Crippen molar-refractivity contribution in [3.63, 3.8) is 0 Å². The summed E-state index contributed by atoms with van der Waals surface area (Å²) >= 11 is 0. The van der Waals surface area contributed by atoms with Crippen molar-refractivity contribution in [3.05, 3.63) is 0 Å². The van der Waals surface area contributed by atoms with E-state index >= 15 is 0 Å². The standard InChI is InChI=1S/C20H35N7O9/c21-8-2-1-3-11(25-17(32)10(22)9-15(24)29)18(33)26-12(5-7-16(30)31)19(34)27-13(20(35)36)4-6-14(23)28/h10-13H,1-9,21-22H2,(H2,23,28)(H2,24,29)(H,25,32)(H,26,33)(H,27,34)(H,30,31)(H,35,36). The third-order valence-electron chi connectivity index (χ3n) is 4.91. The highest BCUT2D eigenvalue weighted by atomic mass is 16.4. The molecule has 0 fully saturated rings. The summed E-state index contributed by atoms with van der Waals surface area (Å²) < 4.78 is 0. The van der Waals surface area contributed by atoms with E-state index in [-0.39, 0.29) is 19.3 Å². The summed E-state index contributed by atoms with van der Waals surface area (Å²) in [7, 11) is 0. The van der Waals surface area contributed by atoms with Crippen LogP contribution < -0.4 is 38.9 Å². The molecule has 0 radical (unpaired) electrons. The molecule has 4 atom stereocenters. The van der Waals surface area contributed by atoms with Crippen LogP contribution in [0.25, 0.3) is 0 Å². The molecule has 0 saturated carbocycles. The topological polar surface area (TPSA) is 300 Å². The molecule has 0 spiro atoms. The van der Waals surface area contributed by atoms with Gasteiger partial charge in [0.2, 0.25) is 29.5 Å². The van der Waals surface area contributed by atoms with Crippen LogP contribution in [0.3, 0.4) is 0 Å². The molecule has 5 amide bonds. The Morgan fingerprint density at radius 1 is 0.667 bits per heavy atom. The van der Waals surface area contributed by atoms with Crippen molar-refractivity contribution >= 4 is 41.5 Å². The first-order chi connectivity index (χ1) is 16.8. The molecule has 0 aromatic rings. The molecule has 16 nitrogen and oxygen atoms in total. The van der Waals surface area contributed by atoms with E-state index in [0.29, 0.717) is 19.4 Å². The third kappa shape index (κ3) is 13.8. The van der Waals surface area contributed by atoms with E-state index in [1.807, 2.05) is 0 Å². The molecule has 0 aliphatic carbocycles. The van der Waals surface area contributed by atoms with Crippen LogP contribution in [0.15, 0.2) is 0 Å². The number of hydrogen-bond donors (Lipinski definition) is 9. The van der Waals surface area contributed by atoms with E-state index in [0.717, 1.165) is 0 Å². The lowest BCUT2D eigenvalue weighted by molar-refractivity contribution is -0.143. The number of carbonyl (C=O) groups excluding carboxylic acids is 5. The minimum Gasteiger partial charge on any atom is -0.481 e. The van der Waals surface area contributed by atoms with Gasteiger partial charge in [-0.25, -0.2) is 4.79 Å². The fourth-order valence-corrected chi connectivity index (χ4v) is 2.98. The maximum atomic E-state index is 12.9. The van der Waals surface area contributed by atoms with Crippen LogP contribution in [0, 0.1) is 0 Å². The van der Waals surface area contributed by atoms with E-state index < -0.39 is 84.9 Å².